The molecule has 13 heteroatoms. The molecule has 3 rings (SSSR count). The fraction of sp³-hybridized carbons (Fsp3) is 0.618. The largest absolute Gasteiger partial charge is 0.346 e. The van der Waals surface area contributed by atoms with E-state index in [0.717, 1.165) is 19.3 Å². The number of carbonyl (C=O) groups excluding carboxylic acids is 5. The van der Waals surface area contributed by atoms with Gasteiger partial charge in [0.15, 0.2) is 9.84 Å². The zero-order valence-corrected chi connectivity index (χ0v) is 28.9. The van der Waals surface area contributed by atoms with Gasteiger partial charge < -0.3 is 26.2 Å². The summed E-state index contributed by atoms with van der Waals surface area (Å²) in [5, 5.41) is 10.9. The normalized spacial score (nSPS) is 19.1. The van der Waals surface area contributed by atoms with Crippen LogP contribution in [0.2, 0.25) is 0 Å². The number of nitrogens with one attached hydrogen (secondary N) is 4. The van der Waals surface area contributed by atoms with Crippen LogP contribution in [-0.4, -0.2) is 85.4 Å². The van der Waals surface area contributed by atoms with Crippen molar-refractivity contribution in [1.29, 1.82) is 0 Å². The number of benzene rings is 1. The molecule has 0 radical (unpaired) electrons. The molecule has 0 aromatic heterocycles. The summed E-state index contributed by atoms with van der Waals surface area (Å²) in [6, 6.07) is 4.53. The molecule has 0 spiro atoms. The van der Waals surface area contributed by atoms with Gasteiger partial charge in [-0.05, 0) is 49.7 Å². The molecule has 47 heavy (non-hydrogen) atoms. The van der Waals surface area contributed by atoms with Gasteiger partial charge >= 0.3 is 6.03 Å². The van der Waals surface area contributed by atoms with E-state index < -0.39 is 68.5 Å². The molecule has 1 aliphatic carbocycles. The highest BCUT2D eigenvalue weighted by Gasteiger charge is 2.44. The number of hydrogen-bond donors (Lipinski definition) is 4. The standard InChI is InChI=1S/C34H51N5O7S/c1-6-15-25(27(40)30(42)35-21-7-2)36-29(41)26-18-14-22-39(26)31(43)28(33(3,4)5)37-32(44)38-34(19-12-9-13-20-34)23-47(45,46)24-16-10-8-11-17-24/h7-8,10-11,16-17,25-26,28H,2,6,9,12-15,18-23H2,1,3-5H3,(H,35,42)(H,36,41)(H2,37,38,44)/t25?,26-,28+/m0/s1. The molecule has 1 aromatic rings. The summed E-state index contributed by atoms with van der Waals surface area (Å²) < 4.78 is 26.8. The summed E-state index contributed by atoms with van der Waals surface area (Å²) in [6.07, 6.45) is 6.55. The number of likely N-dealkylation sites (tertiary alicyclic amines) is 1. The lowest BCUT2D eigenvalue weighted by Crippen LogP contribution is -2.63. The number of nitrogens with zero attached hydrogens (tertiary/aromatic N) is 1. The maximum atomic E-state index is 14.1. The Morgan fingerprint density at radius 1 is 1.02 bits per heavy atom. The first kappa shape index (κ1) is 37.7. The number of sulfone groups is 1. The zero-order chi connectivity index (χ0) is 34.8. The van der Waals surface area contributed by atoms with Gasteiger partial charge in [-0.15, -0.1) is 6.58 Å². The number of urea groups is 1. The summed E-state index contributed by atoms with van der Waals surface area (Å²) in [5.41, 5.74) is -1.77. The van der Waals surface area contributed by atoms with Crippen LogP contribution in [0.5, 0.6) is 0 Å². The monoisotopic (exact) mass is 673 g/mol. The molecule has 12 nitrogen and oxygen atoms in total. The summed E-state index contributed by atoms with van der Waals surface area (Å²) in [6.45, 7) is 11.1. The van der Waals surface area contributed by atoms with Crippen molar-refractivity contribution in [3.05, 3.63) is 43.0 Å². The molecule has 1 heterocycles. The Bertz CT molecular complexity index is 1400. The van der Waals surface area contributed by atoms with Gasteiger partial charge in [0.2, 0.25) is 17.6 Å². The summed E-state index contributed by atoms with van der Waals surface area (Å²) >= 11 is 0. The minimum atomic E-state index is -3.71. The third-order valence-corrected chi connectivity index (χ3v) is 10.7. The van der Waals surface area contributed by atoms with E-state index in [9.17, 15) is 32.4 Å². The first-order valence-corrected chi connectivity index (χ1v) is 18.2. The van der Waals surface area contributed by atoms with E-state index in [2.05, 4.69) is 27.8 Å². The number of carbonyl (C=O) groups is 5. The van der Waals surface area contributed by atoms with Gasteiger partial charge in [-0.25, -0.2) is 13.2 Å². The minimum Gasteiger partial charge on any atom is -0.346 e. The molecular weight excluding hydrogens is 622 g/mol. The van der Waals surface area contributed by atoms with Gasteiger partial charge in [0.1, 0.15) is 12.1 Å². The van der Waals surface area contributed by atoms with E-state index in [1.807, 2.05) is 6.92 Å². The van der Waals surface area contributed by atoms with Gasteiger partial charge in [0, 0.05) is 13.1 Å². The lowest BCUT2D eigenvalue weighted by atomic mass is 9.83. The Morgan fingerprint density at radius 3 is 2.28 bits per heavy atom. The average Bonchev–Trinajstić information content (AvgIpc) is 3.52. The Labute approximate surface area is 278 Å². The Kier molecular flexibility index (Phi) is 13.1. The van der Waals surface area contributed by atoms with Crippen molar-refractivity contribution in [3.63, 3.8) is 0 Å². The second-order valence-corrected chi connectivity index (χ2v) is 15.7. The molecule has 2 fully saturated rings. The average molecular weight is 674 g/mol. The molecule has 1 saturated carbocycles. The Morgan fingerprint density at radius 2 is 1.68 bits per heavy atom. The highest BCUT2D eigenvalue weighted by atomic mass is 32.2. The molecule has 0 bridgehead atoms. The molecule has 1 saturated heterocycles. The topological polar surface area (TPSA) is 171 Å². The van der Waals surface area contributed by atoms with E-state index in [1.165, 1.54) is 11.0 Å². The number of hydrogen-bond acceptors (Lipinski definition) is 7. The van der Waals surface area contributed by atoms with Gasteiger partial charge in [-0.3, -0.25) is 19.2 Å². The highest BCUT2D eigenvalue weighted by molar-refractivity contribution is 7.91. The SMILES string of the molecule is C=CCNC(=O)C(=O)C(CCC)NC(=O)[C@@H]1CCCN1C(=O)[C@@H](NC(=O)NC1(CS(=O)(=O)c2ccccc2)CCCCC1)C(C)(C)C. The number of Topliss-reactive ketones (excluding diaryl/α,β-unsaturated/α-hetero) is 1. The molecule has 5 amide bonds. The lowest BCUT2D eigenvalue weighted by molar-refractivity contribution is -0.143. The quantitative estimate of drug-likeness (QED) is 0.174. The molecular formula is C34H51N5O7S. The van der Waals surface area contributed by atoms with Crippen molar-refractivity contribution in [2.24, 2.45) is 5.41 Å². The minimum absolute atomic E-state index is 0.112. The van der Waals surface area contributed by atoms with Gasteiger partial charge in [0.05, 0.1) is 22.2 Å². The summed E-state index contributed by atoms with van der Waals surface area (Å²) in [5.74, 6) is -2.85. The van der Waals surface area contributed by atoms with E-state index >= 15 is 0 Å². The van der Waals surface area contributed by atoms with Crippen molar-refractivity contribution in [1.82, 2.24) is 26.2 Å². The third-order valence-electron chi connectivity index (χ3n) is 8.83. The molecule has 1 aromatic carbocycles. The second-order valence-electron chi connectivity index (χ2n) is 13.7. The van der Waals surface area contributed by atoms with Crippen LogP contribution >= 0.6 is 0 Å². The second kappa shape index (κ2) is 16.4. The molecule has 1 aliphatic heterocycles. The predicted molar refractivity (Wildman–Crippen MR) is 179 cm³/mol. The fourth-order valence-electron chi connectivity index (χ4n) is 6.37. The number of amides is 5. The van der Waals surface area contributed by atoms with Crippen LogP contribution < -0.4 is 21.3 Å². The summed E-state index contributed by atoms with van der Waals surface area (Å²) in [4.78, 5) is 67.9. The molecule has 2 aliphatic rings. The first-order valence-electron chi connectivity index (χ1n) is 16.5. The van der Waals surface area contributed by atoms with Crippen LogP contribution in [-0.2, 0) is 29.0 Å². The van der Waals surface area contributed by atoms with Crippen molar-refractivity contribution < 1.29 is 32.4 Å². The molecule has 4 N–H and O–H groups in total. The van der Waals surface area contributed by atoms with E-state index in [4.69, 9.17) is 0 Å². The first-order chi connectivity index (χ1) is 22.1. The Balaban J connectivity index is 1.77. The van der Waals surface area contributed by atoms with Crippen LogP contribution in [0, 0.1) is 5.41 Å². The molecule has 1 unspecified atom stereocenters. The van der Waals surface area contributed by atoms with Gasteiger partial charge in [0.25, 0.3) is 5.91 Å². The smallest absolute Gasteiger partial charge is 0.315 e. The van der Waals surface area contributed by atoms with E-state index in [-0.39, 0.29) is 30.2 Å². The number of rotatable bonds is 14. The predicted octanol–water partition coefficient (Wildman–Crippen LogP) is 3.02. The van der Waals surface area contributed by atoms with E-state index in [1.54, 1.807) is 51.1 Å². The lowest BCUT2D eigenvalue weighted by Gasteiger charge is -2.40. The van der Waals surface area contributed by atoms with Gasteiger partial charge in [-0.1, -0.05) is 77.7 Å². The zero-order valence-electron chi connectivity index (χ0n) is 28.1. The maximum Gasteiger partial charge on any atom is 0.315 e. The van der Waals surface area contributed by atoms with Gasteiger partial charge in [-0.2, -0.15) is 0 Å². The van der Waals surface area contributed by atoms with Crippen LogP contribution in [0.15, 0.2) is 47.9 Å². The van der Waals surface area contributed by atoms with Crippen molar-refractivity contribution in [2.75, 3.05) is 18.8 Å². The van der Waals surface area contributed by atoms with E-state index in [0.29, 0.717) is 32.1 Å². The van der Waals surface area contributed by atoms with Crippen molar-refractivity contribution >= 4 is 39.4 Å². The van der Waals surface area contributed by atoms with Crippen LogP contribution in [0.4, 0.5) is 4.79 Å². The third kappa shape index (κ3) is 10.1. The highest BCUT2D eigenvalue weighted by Crippen LogP contribution is 2.32. The Hall–Kier alpha value is -3.74. The fourth-order valence-corrected chi connectivity index (χ4v) is 8.20. The molecule has 260 valence electrons. The molecule has 3 atom stereocenters. The van der Waals surface area contributed by atoms with Crippen LogP contribution in [0.3, 0.4) is 0 Å². The number of ketones is 1. The van der Waals surface area contributed by atoms with Crippen molar-refractivity contribution in [3.8, 4) is 0 Å². The van der Waals surface area contributed by atoms with Crippen LogP contribution in [0.25, 0.3) is 0 Å². The maximum absolute atomic E-state index is 14.1. The summed E-state index contributed by atoms with van der Waals surface area (Å²) in [7, 11) is -3.71. The van der Waals surface area contributed by atoms with Crippen LogP contribution in [0.1, 0.15) is 85.5 Å². The van der Waals surface area contributed by atoms with Crippen molar-refractivity contribution in [2.45, 2.75) is 114 Å².